The number of amides is 1. The van der Waals surface area contributed by atoms with Gasteiger partial charge in [-0.3, -0.25) is 24.0 Å². The lowest BCUT2D eigenvalue weighted by atomic mass is 9.62. The summed E-state index contributed by atoms with van der Waals surface area (Å²) in [4.78, 5) is 70.2. The maximum Gasteiger partial charge on any atom is 0.274 e. The van der Waals surface area contributed by atoms with Crippen molar-refractivity contribution < 1.29 is 39.5 Å². The molecule has 1 aliphatic carbocycles. The van der Waals surface area contributed by atoms with Crippen LogP contribution in [-0.4, -0.2) is 90.6 Å². The number of allylic oxidation sites excluding steroid dienone is 1. The highest BCUT2D eigenvalue weighted by molar-refractivity contribution is 7.13. The van der Waals surface area contributed by atoms with Gasteiger partial charge < -0.3 is 35.3 Å². The predicted octanol–water partition coefficient (Wildman–Crippen LogP) is 22.5. The number of benzene rings is 2. The van der Waals surface area contributed by atoms with Gasteiger partial charge >= 0.3 is 0 Å². The number of thiophene rings is 2. The van der Waals surface area contributed by atoms with Gasteiger partial charge in [-0.05, 0) is 153 Å². The predicted molar refractivity (Wildman–Crippen MR) is 473 cm³/mol. The maximum absolute atomic E-state index is 13.4. The Morgan fingerprint density at radius 2 is 0.957 bits per heavy atom. The van der Waals surface area contributed by atoms with E-state index in [9.17, 15) is 53.9 Å². The first-order valence-electron chi connectivity index (χ1n) is 40.6. The number of carbonyl (C=O) groups excluding carboxylic acids is 2. The van der Waals surface area contributed by atoms with Crippen LogP contribution < -0.4 is 21.6 Å². The molecule has 7 heterocycles. The van der Waals surface area contributed by atoms with Crippen LogP contribution in [0.2, 0.25) is 5.02 Å². The highest BCUT2D eigenvalue weighted by atomic mass is 35.5. The van der Waals surface area contributed by atoms with Crippen molar-refractivity contribution in [2.24, 2.45) is 38.4 Å². The number of carbonyl (C=O) groups is 2. The van der Waals surface area contributed by atoms with E-state index in [1.807, 2.05) is 191 Å². The lowest BCUT2D eigenvalue weighted by molar-refractivity contribution is -0.130. The minimum atomic E-state index is -0.571. The van der Waals surface area contributed by atoms with Crippen LogP contribution in [0.15, 0.2) is 109 Å². The lowest BCUT2D eigenvalue weighted by Gasteiger charge is -2.40. The zero-order chi connectivity index (χ0) is 87.4. The number of aliphatic hydroxyl groups excluding tert-OH is 2. The topological polar surface area (TPSA) is 246 Å². The highest BCUT2D eigenvalue weighted by Gasteiger charge is 2.50. The van der Waals surface area contributed by atoms with Crippen LogP contribution in [0.5, 0.6) is 17.2 Å². The molecule has 0 radical (unpaired) electrons. The first-order chi connectivity index (χ1) is 52.4. The van der Waals surface area contributed by atoms with Gasteiger partial charge in [-0.1, -0.05) is 255 Å². The van der Waals surface area contributed by atoms with Crippen molar-refractivity contribution in [1.29, 1.82) is 0 Å². The zero-order valence-corrected chi connectivity index (χ0v) is 77.2. The summed E-state index contributed by atoms with van der Waals surface area (Å²) in [6.07, 6.45) is 6.55. The summed E-state index contributed by atoms with van der Waals surface area (Å²) in [5.74, 6) is 0.850. The maximum atomic E-state index is 13.4. The van der Waals surface area contributed by atoms with E-state index in [1.165, 1.54) is 44.2 Å². The van der Waals surface area contributed by atoms with E-state index in [-0.39, 0.29) is 95.8 Å². The van der Waals surface area contributed by atoms with Crippen LogP contribution in [0.3, 0.4) is 0 Å². The number of fused-ring (bicyclic) bond motifs is 1. The first-order valence-corrected chi connectivity index (χ1v) is 42.7. The van der Waals surface area contributed by atoms with Crippen LogP contribution in [-0.2, 0) is 57.4 Å². The molecule has 0 bridgehead atoms. The molecule has 5 aromatic heterocycles. The van der Waals surface area contributed by atoms with Crippen LogP contribution in [0.25, 0.3) is 26.9 Å². The number of aliphatic hydroxyl groups is 2. The zero-order valence-electron chi connectivity index (χ0n) is 74.8. The van der Waals surface area contributed by atoms with E-state index in [0.29, 0.717) is 70.6 Å². The molecular formula is C93H136ClFN8O10S2. The van der Waals surface area contributed by atoms with E-state index >= 15 is 0 Å². The first kappa shape index (κ1) is 96.0. The van der Waals surface area contributed by atoms with Gasteiger partial charge in [0.05, 0.1) is 48.5 Å². The van der Waals surface area contributed by atoms with Crippen molar-refractivity contribution in [3.05, 3.63) is 170 Å². The number of hydrogen-bond donors (Lipinski definition) is 5. The quantitative estimate of drug-likeness (QED) is 0.0680. The number of Topliss-reactive ketones (excluding diaryl/α,β-unsaturated/α-hetero) is 1. The summed E-state index contributed by atoms with van der Waals surface area (Å²) in [6.45, 7) is 64.7. The number of nitrogens with zero attached hydrogens (tertiary/aromatic N) is 8. The van der Waals surface area contributed by atoms with Gasteiger partial charge in [-0.2, -0.15) is 10.2 Å². The average Bonchev–Trinajstić information content (AvgIpc) is 1.43. The van der Waals surface area contributed by atoms with Crippen molar-refractivity contribution in [1.82, 2.24) is 34.2 Å². The highest BCUT2D eigenvalue weighted by Crippen LogP contribution is 2.49. The lowest BCUT2D eigenvalue weighted by Crippen LogP contribution is -2.43. The van der Waals surface area contributed by atoms with Gasteiger partial charge in [0, 0.05) is 50.4 Å². The third kappa shape index (κ3) is 24.4. The number of halogens is 2. The third-order valence-electron chi connectivity index (χ3n) is 20.7. The molecule has 10 rings (SSSR count). The third-order valence-corrected chi connectivity index (χ3v) is 22.7. The fourth-order valence-electron chi connectivity index (χ4n) is 14.3. The molecule has 1 saturated heterocycles. The summed E-state index contributed by atoms with van der Waals surface area (Å²) in [6, 6.07) is 19.5. The second-order valence-corrected chi connectivity index (χ2v) is 44.0. The molecule has 22 heteroatoms. The number of rotatable bonds is 14. The van der Waals surface area contributed by atoms with Crippen LogP contribution in [0, 0.1) is 44.2 Å². The molecule has 1 amide bonds. The molecule has 0 spiro atoms. The number of aromatic hydroxyl groups is 3. The monoisotopic (exact) mass is 1640 g/mol. The Hall–Kier alpha value is -7.88. The fourth-order valence-corrected chi connectivity index (χ4v) is 16.0. The molecule has 1 fully saturated rings. The van der Waals surface area contributed by atoms with Gasteiger partial charge in [-0.15, -0.1) is 27.8 Å². The minimum absolute atomic E-state index is 0.0111. The summed E-state index contributed by atoms with van der Waals surface area (Å²) < 4.78 is 18.0. The molecule has 115 heavy (non-hydrogen) atoms. The molecule has 0 unspecified atom stereocenters. The SMILES string of the molecule is CC(C)(C)C1=C(O)[C@H](C(C)(C)C)N(Cc2ccc(F)c(Cl)c2)C1=O.CC(C)(C)CC[C@@]1(C)C(=O)C(C(C)(C)C)=C(O)c2ccccc21.CC(C)(C)CCn1nc(-c2cccs2)c(O)c(C(C)(C)C)c1=O.CC(C)(C)CCn1nc(N2CCCC2)c(O)c(C(C)(C)C)c1=O.CC(C)CCn1nc(-c2cccs2)c(O)c(C(C)(C)C)c1=O. The Morgan fingerprint density at radius 3 is 1.35 bits per heavy atom. The molecule has 2 aromatic carbocycles. The van der Waals surface area contributed by atoms with Crippen molar-refractivity contribution in [3.63, 3.8) is 0 Å². The van der Waals surface area contributed by atoms with E-state index in [4.69, 9.17) is 11.6 Å². The summed E-state index contributed by atoms with van der Waals surface area (Å²) >= 11 is 8.87. The van der Waals surface area contributed by atoms with E-state index < -0.39 is 38.9 Å². The number of aromatic nitrogens is 6. The van der Waals surface area contributed by atoms with Gasteiger partial charge in [-0.25, -0.2) is 18.4 Å². The minimum Gasteiger partial charge on any atom is -0.510 e. The number of hydrogen-bond acceptors (Lipinski definition) is 16. The molecular weight excluding hydrogens is 1510 g/mol. The van der Waals surface area contributed by atoms with E-state index in [0.717, 1.165) is 84.5 Å². The summed E-state index contributed by atoms with van der Waals surface area (Å²) in [7, 11) is 0. The Kier molecular flexibility index (Phi) is 30.5. The normalized spacial score (nSPS) is 16.6. The Labute approximate surface area is 698 Å². The molecule has 2 aliphatic heterocycles. The molecule has 7 aromatic rings. The molecule has 5 N–H and O–H groups in total. The molecule has 2 atom stereocenters. The molecule has 3 aliphatic rings. The van der Waals surface area contributed by atoms with Crippen LogP contribution >= 0.6 is 34.3 Å². The Morgan fingerprint density at radius 1 is 0.530 bits per heavy atom. The fraction of sp³-hybridized carbons (Fsp3) is 0.591. The van der Waals surface area contributed by atoms with Crippen molar-refractivity contribution in [3.8, 4) is 38.4 Å². The van der Waals surface area contributed by atoms with E-state index in [2.05, 4.69) is 96.4 Å². The summed E-state index contributed by atoms with van der Waals surface area (Å²) in [5.41, 5.74) is 2.69. The molecule has 0 saturated carbocycles. The van der Waals surface area contributed by atoms with Crippen LogP contribution in [0.1, 0.15) is 286 Å². The average molecular weight is 1640 g/mol. The molecule has 634 valence electrons. The number of anilines is 1. The Bertz CT molecular complexity index is 4810. The van der Waals surface area contributed by atoms with Gasteiger partial charge in [0.1, 0.15) is 28.7 Å². The van der Waals surface area contributed by atoms with Gasteiger partial charge in [0.15, 0.2) is 28.8 Å². The second kappa shape index (κ2) is 36.5. The largest absolute Gasteiger partial charge is 0.510 e. The standard InChI is InChI=1S/C21H30O2.C19H25ClFNO2.C18H31N3O2.C18H26N2O2S.C17H24N2O2S/c1-19(2,3)12-13-21(7)15-11-9-8-10-14(15)17(22)16(18(21)23)20(4,5)6;1-18(2,3)14-15(23)16(19(4,5)6)22(17(14)24)10-11-7-8-13(21)12(20)9-11;1-17(2,3)9-12-21-16(23)13(18(4,5)6)14(22)15(19-21)20-10-7-8-11-20;1-17(2,3)9-10-20-16(22)13(18(4,5)6)15(21)14(19-20)12-8-7-11-23-12;1-11(2)8-9-19-16(21)13(17(3,4)5)15(20)14(18-19)12-7-6-10-22-12/h8-11,22H,12-13H2,1-7H3;7-9,16,23H,10H2,1-6H3;22H,7-12H2,1-6H3;7-8,11,21H,9-10H2,1-6H3;6-7,10-11,20H,8-9H2,1-5H3/t21-;16-;;;/m11.../s1. The Balaban J connectivity index is 0.000000224. The number of aryl methyl sites for hydroxylation is 3. The van der Waals surface area contributed by atoms with Crippen molar-refractivity contribution in [2.75, 3.05) is 18.0 Å². The van der Waals surface area contributed by atoms with Crippen molar-refractivity contribution >= 4 is 57.5 Å². The van der Waals surface area contributed by atoms with Crippen LogP contribution in [0.4, 0.5) is 10.2 Å². The second-order valence-electron chi connectivity index (χ2n) is 41.7. The van der Waals surface area contributed by atoms with Gasteiger partial charge in [0.25, 0.3) is 22.6 Å². The smallest absolute Gasteiger partial charge is 0.274 e. The number of ketones is 1. The van der Waals surface area contributed by atoms with Gasteiger partial charge in [0.2, 0.25) is 0 Å². The summed E-state index contributed by atoms with van der Waals surface area (Å²) in [5, 5.41) is 70.8. The van der Waals surface area contributed by atoms with E-state index in [1.54, 1.807) is 15.6 Å². The van der Waals surface area contributed by atoms with Crippen molar-refractivity contribution in [2.45, 2.75) is 307 Å². The molecule has 18 nitrogen and oxygen atoms in total.